The fraction of sp³-hybridized carbons (Fsp3) is 0.188. The number of halogens is 1. The summed E-state index contributed by atoms with van der Waals surface area (Å²) in [5.74, 6) is -0.632. The lowest BCUT2D eigenvalue weighted by molar-refractivity contribution is -0.139. The van der Waals surface area contributed by atoms with E-state index in [1.54, 1.807) is 30.3 Å². The summed E-state index contributed by atoms with van der Waals surface area (Å²) in [7, 11) is -3.24. The maximum atomic E-state index is 11.5. The second-order valence-corrected chi connectivity index (χ2v) is 7.48. The lowest BCUT2D eigenvalue weighted by atomic mass is 10.0. The smallest absolute Gasteiger partial charge is 0.341 e. The van der Waals surface area contributed by atoms with Crippen LogP contribution in [0.15, 0.2) is 47.4 Å². The van der Waals surface area contributed by atoms with Crippen molar-refractivity contribution in [3.63, 3.8) is 0 Å². The largest absolute Gasteiger partial charge is 0.482 e. The molecule has 1 N–H and O–H groups in total. The van der Waals surface area contributed by atoms with Crippen molar-refractivity contribution in [2.24, 2.45) is 0 Å². The molecule has 0 bridgehead atoms. The van der Waals surface area contributed by atoms with Crippen LogP contribution in [0.25, 0.3) is 0 Å². The topological polar surface area (TPSA) is 80.7 Å². The number of aliphatic carboxylic acids is 1. The van der Waals surface area contributed by atoms with Crippen molar-refractivity contribution in [2.75, 3.05) is 12.9 Å². The van der Waals surface area contributed by atoms with Crippen LogP contribution in [-0.2, 0) is 21.1 Å². The number of ether oxygens (including phenoxy) is 1. The standard InChI is InChI=1S/C16H15ClO5S/c1-23(20,21)14-5-2-11(3-6-14)8-12-9-13(17)4-7-15(12)22-10-16(18)19/h2-7,9H,8,10H2,1H3,(H,18,19). The van der Waals surface area contributed by atoms with E-state index in [2.05, 4.69) is 0 Å². The molecule has 0 aliphatic carbocycles. The first-order valence-electron chi connectivity index (χ1n) is 6.68. The molecule has 23 heavy (non-hydrogen) atoms. The zero-order chi connectivity index (χ0) is 17.0. The summed E-state index contributed by atoms with van der Waals surface area (Å²) in [5.41, 5.74) is 1.59. The molecular weight excluding hydrogens is 340 g/mol. The van der Waals surface area contributed by atoms with Crippen LogP contribution in [0, 0.1) is 0 Å². The van der Waals surface area contributed by atoms with Gasteiger partial charge in [0.2, 0.25) is 0 Å². The van der Waals surface area contributed by atoms with E-state index < -0.39 is 22.4 Å². The number of carbonyl (C=O) groups is 1. The maximum Gasteiger partial charge on any atom is 0.341 e. The molecule has 0 spiro atoms. The third-order valence-corrected chi connectivity index (χ3v) is 4.48. The first-order valence-corrected chi connectivity index (χ1v) is 8.94. The highest BCUT2D eigenvalue weighted by atomic mass is 35.5. The molecule has 0 aliphatic heterocycles. The van der Waals surface area contributed by atoms with Gasteiger partial charge in [-0.05, 0) is 41.5 Å². The molecule has 0 unspecified atom stereocenters. The first-order chi connectivity index (χ1) is 10.8. The van der Waals surface area contributed by atoms with Crippen LogP contribution in [-0.4, -0.2) is 32.4 Å². The summed E-state index contributed by atoms with van der Waals surface area (Å²) in [6.07, 6.45) is 1.59. The lowest BCUT2D eigenvalue weighted by Crippen LogP contribution is -2.10. The second kappa shape index (κ2) is 7.02. The Balaban J connectivity index is 2.25. The Morgan fingerprint density at radius 1 is 1.17 bits per heavy atom. The molecule has 5 nitrogen and oxygen atoms in total. The minimum absolute atomic E-state index is 0.245. The monoisotopic (exact) mass is 354 g/mol. The maximum absolute atomic E-state index is 11.5. The fourth-order valence-electron chi connectivity index (χ4n) is 2.04. The van der Waals surface area contributed by atoms with Crippen molar-refractivity contribution >= 4 is 27.4 Å². The van der Waals surface area contributed by atoms with Gasteiger partial charge in [-0.1, -0.05) is 23.7 Å². The molecule has 0 atom stereocenters. The molecule has 0 amide bonds. The average molecular weight is 355 g/mol. The molecule has 2 aromatic rings. The molecule has 7 heteroatoms. The summed E-state index contributed by atoms with van der Waals surface area (Å²) < 4.78 is 28.2. The normalized spacial score (nSPS) is 11.2. The number of benzene rings is 2. The molecule has 0 fully saturated rings. The van der Waals surface area contributed by atoms with E-state index in [1.165, 1.54) is 12.1 Å². The van der Waals surface area contributed by atoms with Crippen molar-refractivity contribution in [1.29, 1.82) is 0 Å². The van der Waals surface area contributed by atoms with E-state index in [0.29, 0.717) is 17.2 Å². The van der Waals surface area contributed by atoms with Crippen molar-refractivity contribution in [3.05, 3.63) is 58.6 Å². The van der Waals surface area contributed by atoms with E-state index in [4.69, 9.17) is 21.4 Å². The Morgan fingerprint density at radius 3 is 2.39 bits per heavy atom. The van der Waals surface area contributed by atoms with Crippen LogP contribution in [0.4, 0.5) is 0 Å². The van der Waals surface area contributed by atoms with Gasteiger partial charge >= 0.3 is 5.97 Å². The molecule has 0 heterocycles. The van der Waals surface area contributed by atoms with Crippen molar-refractivity contribution in [1.82, 2.24) is 0 Å². The van der Waals surface area contributed by atoms with E-state index in [1.807, 2.05) is 0 Å². The minimum Gasteiger partial charge on any atom is -0.482 e. The number of carboxylic acid groups (broad SMARTS) is 1. The molecule has 2 aromatic carbocycles. The van der Waals surface area contributed by atoms with Crippen molar-refractivity contribution in [2.45, 2.75) is 11.3 Å². The van der Waals surface area contributed by atoms with Crippen LogP contribution in [0.5, 0.6) is 5.75 Å². The third kappa shape index (κ3) is 4.97. The van der Waals surface area contributed by atoms with Gasteiger partial charge in [-0.15, -0.1) is 0 Å². The summed E-state index contributed by atoms with van der Waals surface area (Å²) in [4.78, 5) is 10.9. The molecule has 0 saturated carbocycles. The van der Waals surface area contributed by atoms with Gasteiger partial charge in [0.1, 0.15) is 5.75 Å². The predicted octanol–water partition coefficient (Wildman–Crippen LogP) is 2.80. The number of hydrogen-bond acceptors (Lipinski definition) is 4. The van der Waals surface area contributed by atoms with Gasteiger partial charge in [-0.2, -0.15) is 0 Å². The lowest BCUT2D eigenvalue weighted by Gasteiger charge is -2.11. The van der Waals surface area contributed by atoms with Crippen LogP contribution < -0.4 is 4.74 Å². The number of sulfone groups is 1. The van der Waals surface area contributed by atoms with Crippen molar-refractivity contribution in [3.8, 4) is 5.75 Å². The number of rotatable bonds is 6. The molecule has 0 aliphatic rings. The van der Waals surface area contributed by atoms with Gasteiger partial charge in [0.05, 0.1) is 4.90 Å². The van der Waals surface area contributed by atoms with E-state index >= 15 is 0 Å². The minimum atomic E-state index is -3.24. The van der Waals surface area contributed by atoms with Gasteiger partial charge in [0.25, 0.3) is 0 Å². The second-order valence-electron chi connectivity index (χ2n) is 5.03. The number of carboxylic acids is 1. The average Bonchev–Trinajstić information content (AvgIpc) is 2.46. The van der Waals surface area contributed by atoms with Gasteiger partial charge in [0.15, 0.2) is 16.4 Å². The zero-order valence-electron chi connectivity index (χ0n) is 12.3. The Bertz CT molecular complexity index is 813. The summed E-state index contributed by atoms with van der Waals surface area (Å²) >= 11 is 5.98. The molecular formula is C16H15ClO5S. The SMILES string of the molecule is CS(=O)(=O)c1ccc(Cc2cc(Cl)ccc2OCC(=O)O)cc1. The van der Waals surface area contributed by atoms with Crippen LogP contribution in [0.3, 0.4) is 0 Å². The zero-order valence-corrected chi connectivity index (χ0v) is 13.9. The number of hydrogen-bond donors (Lipinski definition) is 1. The molecule has 0 radical (unpaired) electrons. The summed E-state index contributed by atoms with van der Waals surface area (Å²) in [5, 5.41) is 9.22. The molecule has 0 saturated heterocycles. The van der Waals surface area contributed by atoms with Crippen LogP contribution in [0.2, 0.25) is 5.02 Å². The van der Waals surface area contributed by atoms with Crippen LogP contribution in [0.1, 0.15) is 11.1 Å². The quantitative estimate of drug-likeness (QED) is 0.862. The van der Waals surface area contributed by atoms with Crippen LogP contribution >= 0.6 is 11.6 Å². The van der Waals surface area contributed by atoms with E-state index in [0.717, 1.165) is 17.4 Å². The molecule has 2 rings (SSSR count). The third-order valence-electron chi connectivity index (χ3n) is 3.12. The fourth-order valence-corrected chi connectivity index (χ4v) is 2.87. The van der Waals surface area contributed by atoms with Gasteiger partial charge in [0, 0.05) is 17.7 Å². The highest BCUT2D eigenvalue weighted by Crippen LogP contribution is 2.26. The van der Waals surface area contributed by atoms with E-state index in [9.17, 15) is 13.2 Å². The highest BCUT2D eigenvalue weighted by Gasteiger charge is 2.10. The Kier molecular flexibility index (Phi) is 5.28. The Labute approximate surface area is 139 Å². The Hall–Kier alpha value is -2.05. The van der Waals surface area contributed by atoms with Gasteiger partial charge < -0.3 is 9.84 Å². The van der Waals surface area contributed by atoms with Gasteiger partial charge in [-0.25, -0.2) is 13.2 Å². The van der Waals surface area contributed by atoms with Crippen molar-refractivity contribution < 1.29 is 23.1 Å². The predicted molar refractivity (Wildman–Crippen MR) is 86.9 cm³/mol. The summed E-state index contributed by atoms with van der Waals surface area (Å²) in [6.45, 7) is -0.443. The highest BCUT2D eigenvalue weighted by molar-refractivity contribution is 7.90. The summed E-state index contributed by atoms with van der Waals surface area (Å²) in [6, 6.07) is 11.4. The molecule has 122 valence electrons. The first kappa shape index (κ1) is 17.3. The van der Waals surface area contributed by atoms with Gasteiger partial charge in [-0.3, -0.25) is 0 Å². The Morgan fingerprint density at radius 2 is 1.83 bits per heavy atom. The van der Waals surface area contributed by atoms with E-state index in [-0.39, 0.29) is 4.90 Å². The molecule has 0 aromatic heterocycles.